The number of anilines is 2. The summed E-state index contributed by atoms with van der Waals surface area (Å²) in [5.74, 6) is -2.30. The van der Waals surface area contributed by atoms with Gasteiger partial charge in [-0.15, -0.1) is 0 Å². The van der Waals surface area contributed by atoms with Gasteiger partial charge in [0.1, 0.15) is 16.7 Å². The van der Waals surface area contributed by atoms with Crippen LogP contribution in [0.2, 0.25) is 0 Å². The van der Waals surface area contributed by atoms with Crippen LogP contribution in [0.3, 0.4) is 0 Å². The number of primary amides is 1. The molecule has 3 aromatic rings. The second-order valence-electron chi connectivity index (χ2n) is 9.40. The lowest BCUT2D eigenvalue weighted by Crippen LogP contribution is -2.47. The van der Waals surface area contributed by atoms with Crippen LogP contribution in [-0.4, -0.2) is 28.1 Å². The number of hydrogen-bond acceptors (Lipinski definition) is 6. The first-order valence-electron chi connectivity index (χ1n) is 12.2. The van der Waals surface area contributed by atoms with E-state index in [-0.39, 0.29) is 28.2 Å². The van der Waals surface area contributed by atoms with Crippen LogP contribution in [0.5, 0.6) is 0 Å². The molecule has 1 aliphatic carbocycles. The molecule has 0 saturated heterocycles. The predicted molar refractivity (Wildman–Crippen MR) is 142 cm³/mol. The first kappa shape index (κ1) is 26.3. The van der Waals surface area contributed by atoms with Gasteiger partial charge in [-0.2, -0.15) is 4.37 Å². The van der Waals surface area contributed by atoms with Crippen molar-refractivity contribution >= 4 is 40.6 Å². The van der Waals surface area contributed by atoms with Crippen LogP contribution in [0.15, 0.2) is 42.5 Å². The minimum absolute atomic E-state index is 0.00801. The molecule has 1 heterocycles. The summed E-state index contributed by atoms with van der Waals surface area (Å²) in [7, 11) is 0. The monoisotopic (exact) mass is 523 g/mol. The maximum absolute atomic E-state index is 14.1. The van der Waals surface area contributed by atoms with Crippen molar-refractivity contribution in [3.05, 3.63) is 75.5 Å². The molecule has 37 heavy (non-hydrogen) atoms. The van der Waals surface area contributed by atoms with E-state index in [1.165, 1.54) is 29.2 Å². The van der Waals surface area contributed by atoms with Gasteiger partial charge >= 0.3 is 0 Å². The van der Waals surface area contributed by atoms with Crippen molar-refractivity contribution in [3.8, 4) is 0 Å². The number of benzene rings is 2. The smallest absolute Gasteiger partial charge is 0.273 e. The summed E-state index contributed by atoms with van der Waals surface area (Å²) in [6.07, 6.45) is 4.85. The second kappa shape index (κ2) is 11.1. The lowest BCUT2D eigenvalue weighted by molar-refractivity contribution is -0.123. The van der Waals surface area contributed by atoms with Crippen LogP contribution in [0.25, 0.3) is 0 Å². The summed E-state index contributed by atoms with van der Waals surface area (Å²) in [6.45, 7) is 3.77. The molecule has 8 nitrogen and oxygen atoms in total. The van der Waals surface area contributed by atoms with E-state index in [4.69, 9.17) is 11.5 Å². The molecule has 194 valence electrons. The van der Waals surface area contributed by atoms with Crippen molar-refractivity contribution < 1.29 is 18.8 Å². The maximum Gasteiger partial charge on any atom is 0.273 e. The van der Waals surface area contributed by atoms with E-state index in [1.54, 1.807) is 6.07 Å². The fourth-order valence-electron chi connectivity index (χ4n) is 4.77. The zero-order chi connectivity index (χ0) is 26.7. The van der Waals surface area contributed by atoms with E-state index < -0.39 is 23.7 Å². The lowest BCUT2D eigenvalue weighted by Gasteiger charge is -2.34. The molecule has 1 atom stereocenters. The number of amides is 3. The van der Waals surface area contributed by atoms with Gasteiger partial charge in [0.05, 0.1) is 5.69 Å². The topological polar surface area (TPSA) is 131 Å². The highest BCUT2D eigenvalue weighted by atomic mass is 32.1. The van der Waals surface area contributed by atoms with Gasteiger partial charge in [-0.05, 0) is 67.5 Å². The average Bonchev–Trinajstić information content (AvgIpc) is 3.25. The summed E-state index contributed by atoms with van der Waals surface area (Å²) in [4.78, 5) is 41.2. The Kier molecular flexibility index (Phi) is 7.87. The van der Waals surface area contributed by atoms with Crippen LogP contribution < -0.4 is 21.7 Å². The molecule has 1 aromatic heterocycles. The number of hydrogen-bond donors (Lipinski definition) is 3. The molecule has 4 rings (SSSR count). The van der Waals surface area contributed by atoms with Crippen LogP contribution >= 0.6 is 11.5 Å². The molecular formula is C27H30FN5O3S. The Labute approximate surface area is 219 Å². The fourth-order valence-corrected chi connectivity index (χ4v) is 5.51. The highest BCUT2D eigenvalue weighted by molar-refractivity contribution is 7.09. The maximum atomic E-state index is 14.1. The van der Waals surface area contributed by atoms with Gasteiger partial charge in [0, 0.05) is 11.7 Å². The third-order valence-corrected chi connectivity index (χ3v) is 7.48. The Balaban J connectivity index is 1.87. The predicted octanol–water partition coefficient (Wildman–Crippen LogP) is 4.42. The molecule has 10 heteroatoms. The Morgan fingerprint density at radius 1 is 1.08 bits per heavy atom. The third-order valence-electron chi connectivity index (χ3n) is 6.63. The van der Waals surface area contributed by atoms with Crippen molar-refractivity contribution in [2.45, 2.75) is 58.0 Å². The van der Waals surface area contributed by atoms with Gasteiger partial charge in [-0.25, -0.2) is 4.39 Å². The Morgan fingerprint density at radius 3 is 2.35 bits per heavy atom. The minimum atomic E-state index is -1.13. The van der Waals surface area contributed by atoms with Gasteiger partial charge in [0.25, 0.3) is 11.8 Å². The second-order valence-corrected chi connectivity index (χ2v) is 10.2. The molecule has 0 spiro atoms. The Morgan fingerprint density at radius 2 is 1.76 bits per heavy atom. The lowest BCUT2D eigenvalue weighted by atomic mass is 9.94. The van der Waals surface area contributed by atoms with E-state index in [0.717, 1.165) is 54.8 Å². The molecule has 0 unspecified atom stereocenters. The number of halogens is 1. The van der Waals surface area contributed by atoms with Gasteiger partial charge < -0.3 is 16.8 Å². The first-order chi connectivity index (χ1) is 17.7. The largest absolute Gasteiger partial charge is 0.395 e. The minimum Gasteiger partial charge on any atom is -0.395 e. The van der Waals surface area contributed by atoms with Crippen molar-refractivity contribution in [3.63, 3.8) is 0 Å². The molecule has 3 amide bonds. The third kappa shape index (κ3) is 5.64. The summed E-state index contributed by atoms with van der Waals surface area (Å²) < 4.78 is 17.8. The Hall–Kier alpha value is -3.79. The van der Waals surface area contributed by atoms with Gasteiger partial charge in [0.2, 0.25) is 5.91 Å². The summed E-state index contributed by atoms with van der Waals surface area (Å²) in [5, 5.41) is 3.11. The van der Waals surface area contributed by atoms with Crippen LogP contribution in [0.1, 0.15) is 75.0 Å². The van der Waals surface area contributed by atoms with Crippen LogP contribution in [0, 0.1) is 19.7 Å². The number of nitrogens with two attached hydrogens (primary N) is 2. The van der Waals surface area contributed by atoms with E-state index in [0.29, 0.717) is 11.3 Å². The SMILES string of the molecule is Cc1ccc(N(C(=O)c2snc(C(N)=O)c2N)[C@@H](C(=O)NC2CCCCC2)c2ccc(F)cc2)c(C)c1. The van der Waals surface area contributed by atoms with Crippen LogP contribution in [0.4, 0.5) is 15.8 Å². The number of rotatable bonds is 7. The highest BCUT2D eigenvalue weighted by Crippen LogP contribution is 2.35. The van der Waals surface area contributed by atoms with Crippen molar-refractivity contribution in [1.82, 2.24) is 9.69 Å². The van der Waals surface area contributed by atoms with E-state index in [1.807, 2.05) is 26.0 Å². The van der Waals surface area contributed by atoms with Gasteiger partial charge in [-0.3, -0.25) is 19.3 Å². The van der Waals surface area contributed by atoms with E-state index in [9.17, 15) is 18.8 Å². The van der Waals surface area contributed by atoms with Crippen molar-refractivity contribution in [2.24, 2.45) is 5.73 Å². The fraction of sp³-hybridized carbons (Fsp3) is 0.333. The van der Waals surface area contributed by atoms with Gasteiger partial charge in [-0.1, -0.05) is 49.1 Å². The number of nitrogens with zero attached hydrogens (tertiary/aromatic N) is 2. The average molecular weight is 524 g/mol. The molecule has 0 radical (unpaired) electrons. The molecule has 0 bridgehead atoms. The standard InChI is InChI=1S/C27H30FN5O3S/c1-15-8-13-20(16(2)14-15)33(27(36)24-21(29)22(25(30)34)32-37-24)23(17-9-11-18(28)12-10-17)26(35)31-19-6-4-3-5-7-19/h8-14,19,23H,3-7,29H2,1-2H3,(H2,30,34)(H,31,35)/t23-/m1/s1. The normalized spacial score (nSPS) is 14.7. The summed E-state index contributed by atoms with van der Waals surface area (Å²) >= 11 is 0.748. The number of carbonyl (C=O) groups excluding carboxylic acids is 3. The quantitative estimate of drug-likeness (QED) is 0.422. The summed E-state index contributed by atoms with van der Waals surface area (Å²) in [5.41, 5.74) is 13.8. The Bertz CT molecular complexity index is 1320. The van der Waals surface area contributed by atoms with Gasteiger partial charge in [0.15, 0.2) is 5.69 Å². The number of aromatic nitrogens is 1. The summed E-state index contributed by atoms with van der Waals surface area (Å²) in [6, 6.07) is 9.87. The number of nitrogens with one attached hydrogen (secondary N) is 1. The first-order valence-corrected chi connectivity index (χ1v) is 13.0. The molecule has 1 aliphatic rings. The molecule has 5 N–H and O–H groups in total. The molecule has 2 aromatic carbocycles. The zero-order valence-electron chi connectivity index (χ0n) is 20.8. The number of aryl methyl sites for hydroxylation is 2. The van der Waals surface area contributed by atoms with Crippen LogP contribution in [-0.2, 0) is 4.79 Å². The highest BCUT2D eigenvalue weighted by Gasteiger charge is 2.37. The van der Waals surface area contributed by atoms with E-state index in [2.05, 4.69) is 9.69 Å². The molecule has 0 aliphatic heterocycles. The molecule has 1 fully saturated rings. The number of nitrogen functional groups attached to an aromatic ring is 1. The van der Waals surface area contributed by atoms with Crippen molar-refractivity contribution in [1.29, 1.82) is 0 Å². The van der Waals surface area contributed by atoms with E-state index >= 15 is 0 Å². The zero-order valence-corrected chi connectivity index (χ0v) is 21.6. The van der Waals surface area contributed by atoms with Crippen molar-refractivity contribution in [2.75, 3.05) is 10.6 Å². The number of carbonyl (C=O) groups is 3. The molecule has 1 saturated carbocycles. The molecular weight excluding hydrogens is 493 g/mol.